The molecule has 92 valence electrons. The zero-order valence-electron chi connectivity index (χ0n) is 9.00. The van der Waals surface area contributed by atoms with Gasteiger partial charge in [-0.15, -0.1) is 0 Å². The van der Waals surface area contributed by atoms with Crippen LogP contribution < -0.4 is 10.5 Å². The van der Waals surface area contributed by atoms with Crippen molar-refractivity contribution in [2.45, 2.75) is 12.5 Å². The van der Waals surface area contributed by atoms with Crippen molar-refractivity contribution < 1.29 is 24.5 Å². The predicted molar refractivity (Wildman–Crippen MR) is 58.9 cm³/mol. The number of carboxylic acid groups (broad SMARTS) is 2. The van der Waals surface area contributed by atoms with Crippen LogP contribution in [0, 0.1) is 0 Å². The van der Waals surface area contributed by atoms with Crippen LogP contribution in [-0.2, 0) is 16.0 Å². The van der Waals surface area contributed by atoms with Gasteiger partial charge in [-0.2, -0.15) is 0 Å². The molecule has 0 saturated carbocycles. The van der Waals surface area contributed by atoms with Gasteiger partial charge in [0.2, 0.25) is 0 Å². The third-order valence-electron chi connectivity index (χ3n) is 2.08. The topological polar surface area (TPSA) is 110 Å². The second-order valence-electron chi connectivity index (χ2n) is 3.44. The van der Waals surface area contributed by atoms with Crippen LogP contribution in [0.25, 0.3) is 0 Å². The average Bonchev–Trinajstić information content (AvgIpc) is 2.27. The normalized spacial score (nSPS) is 11.8. The first-order valence-electron chi connectivity index (χ1n) is 4.91. The molecule has 17 heavy (non-hydrogen) atoms. The van der Waals surface area contributed by atoms with Gasteiger partial charge in [0.1, 0.15) is 11.8 Å². The van der Waals surface area contributed by atoms with Gasteiger partial charge in [0.05, 0.1) is 0 Å². The zero-order chi connectivity index (χ0) is 12.8. The Labute approximate surface area is 97.6 Å². The Hall–Kier alpha value is -2.08. The second-order valence-corrected chi connectivity index (χ2v) is 3.44. The quantitative estimate of drug-likeness (QED) is 0.649. The van der Waals surface area contributed by atoms with E-state index in [-0.39, 0.29) is 6.42 Å². The van der Waals surface area contributed by atoms with Crippen molar-refractivity contribution in [3.63, 3.8) is 0 Å². The monoisotopic (exact) mass is 239 g/mol. The van der Waals surface area contributed by atoms with E-state index in [4.69, 9.17) is 20.7 Å². The maximum atomic E-state index is 10.6. The van der Waals surface area contributed by atoms with E-state index in [2.05, 4.69) is 0 Å². The number of carbonyl (C=O) groups is 2. The molecule has 1 atom stereocenters. The van der Waals surface area contributed by atoms with Crippen LogP contribution in [0.1, 0.15) is 5.56 Å². The molecule has 1 aromatic carbocycles. The van der Waals surface area contributed by atoms with Gasteiger partial charge < -0.3 is 20.7 Å². The van der Waals surface area contributed by atoms with Crippen molar-refractivity contribution in [1.82, 2.24) is 0 Å². The van der Waals surface area contributed by atoms with E-state index in [0.717, 1.165) is 0 Å². The van der Waals surface area contributed by atoms with E-state index < -0.39 is 24.6 Å². The minimum Gasteiger partial charge on any atom is -0.482 e. The summed E-state index contributed by atoms with van der Waals surface area (Å²) in [6, 6.07) is 5.57. The van der Waals surface area contributed by atoms with Crippen molar-refractivity contribution in [2.75, 3.05) is 6.61 Å². The summed E-state index contributed by atoms with van der Waals surface area (Å²) >= 11 is 0. The lowest BCUT2D eigenvalue weighted by molar-refractivity contribution is -0.140. The molecule has 4 N–H and O–H groups in total. The highest BCUT2D eigenvalue weighted by Gasteiger charge is 2.15. The highest BCUT2D eigenvalue weighted by atomic mass is 16.5. The second kappa shape index (κ2) is 5.86. The summed E-state index contributed by atoms with van der Waals surface area (Å²) in [6.45, 7) is -0.473. The standard InChI is InChI=1S/C11H13NO5/c12-8(11(15)16)5-7-3-1-2-4-9(7)17-6-10(13)14/h1-4,8H,5-6,12H2,(H,13,14)(H,15,16)/t8-/m0/s1. The van der Waals surface area contributed by atoms with Crippen molar-refractivity contribution in [1.29, 1.82) is 0 Å². The van der Waals surface area contributed by atoms with Gasteiger partial charge in [0, 0.05) is 6.42 Å². The summed E-state index contributed by atoms with van der Waals surface area (Å²) in [4.78, 5) is 21.0. The molecule has 1 rings (SSSR count). The fourth-order valence-corrected chi connectivity index (χ4v) is 1.28. The largest absolute Gasteiger partial charge is 0.482 e. The molecule has 0 radical (unpaired) electrons. The molecule has 0 fully saturated rings. The summed E-state index contributed by atoms with van der Waals surface area (Å²) in [5.41, 5.74) is 5.97. The molecule has 0 aromatic heterocycles. The molecule has 0 bridgehead atoms. The van der Waals surface area contributed by atoms with E-state index in [9.17, 15) is 9.59 Å². The van der Waals surface area contributed by atoms with Crippen LogP contribution in [0.2, 0.25) is 0 Å². The highest BCUT2D eigenvalue weighted by molar-refractivity contribution is 5.73. The summed E-state index contributed by atoms with van der Waals surface area (Å²) in [7, 11) is 0. The Morgan fingerprint density at radius 2 is 1.94 bits per heavy atom. The van der Waals surface area contributed by atoms with Gasteiger partial charge in [-0.3, -0.25) is 4.79 Å². The number of ether oxygens (including phenoxy) is 1. The molecular weight excluding hydrogens is 226 g/mol. The van der Waals surface area contributed by atoms with E-state index in [1.165, 1.54) is 0 Å². The number of aliphatic carboxylic acids is 2. The summed E-state index contributed by atoms with van der Waals surface area (Å²) in [6.07, 6.45) is 0.0884. The molecule has 0 amide bonds. The summed E-state index contributed by atoms with van der Waals surface area (Å²) in [5, 5.41) is 17.2. The van der Waals surface area contributed by atoms with Crippen LogP contribution in [-0.4, -0.2) is 34.8 Å². The summed E-state index contributed by atoms with van der Waals surface area (Å²) in [5.74, 6) is -1.87. The van der Waals surface area contributed by atoms with E-state index in [0.29, 0.717) is 11.3 Å². The average molecular weight is 239 g/mol. The SMILES string of the molecule is N[C@@H](Cc1ccccc1OCC(=O)O)C(=O)O. The van der Waals surface area contributed by atoms with Gasteiger partial charge in [-0.1, -0.05) is 18.2 Å². The molecule has 0 saturated heterocycles. The Morgan fingerprint density at radius 1 is 1.29 bits per heavy atom. The maximum Gasteiger partial charge on any atom is 0.341 e. The number of benzene rings is 1. The smallest absolute Gasteiger partial charge is 0.341 e. The minimum atomic E-state index is -1.11. The lowest BCUT2D eigenvalue weighted by Gasteiger charge is -2.11. The van der Waals surface area contributed by atoms with Crippen molar-refractivity contribution >= 4 is 11.9 Å². The number of hydrogen-bond acceptors (Lipinski definition) is 4. The van der Waals surface area contributed by atoms with Gasteiger partial charge >= 0.3 is 11.9 Å². The molecule has 6 heteroatoms. The Morgan fingerprint density at radius 3 is 2.53 bits per heavy atom. The lowest BCUT2D eigenvalue weighted by atomic mass is 10.1. The van der Waals surface area contributed by atoms with E-state index in [1.54, 1.807) is 24.3 Å². The van der Waals surface area contributed by atoms with Gasteiger partial charge in [0.15, 0.2) is 6.61 Å². The lowest BCUT2D eigenvalue weighted by Crippen LogP contribution is -2.32. The molecule has 0 heterocycles. The Kier molecular flexibility index (Phi) is 4.47. The van der Waals surface area contributed by atoms with Gasteiger partial charge in [-0.25, -0.2) is 4.79 Å². The third kappa shape index (κ3) is 4.12. The van der Waals surface area contributed by atoms with Crippen LogP contribution in [0.3, 0.4) is 0 Å². The fraction of sp³-hybridized carbons (Fsp3) is 0.273. The van der Waals surface area contributed by atoms with Crippen molar-refractivity contribution in [2.24, 2.45) is 5.73 Å². The highest BCUT2D eigenvalue weighted by Crippen LogP contribution is 2.19. The molecule has 0 unspecified atom stereocenters. The van der Waals surface area contributed by atoms with Crippen LogP contribution >= 0.6 is 0 Å². The van der Waals surface area contributed by atoms with Gasteiger partial charge in [0.25, 0.3) is 0 Å². The first kappa shape index (κ1) is 13.0. The third-order valence-corrected chi connectivity index (χ3v) is 2.08. The van der Waals surface area contributed by atoms with Crippen molar-refractivity contribution in [3.05, 3.63) is 29.8 Å². The predicted octanol–water partition coefficient (Wildman–Crippen LogP) is 0.104. The number of nitrogens with two attached hydrogens (primary N) is 1. The maximum absolute atomic E-state index is 10.6. The van der Waals surface area contributed by atoms with Crippen molar-refractivity contribution in [3.8, 4) is 5.75 Å². The number of para-hydroxylation sites is 1. The van der Waals surface area contributed by atoms with Gasteiger partial charge in [-0.05, 0) is 11.6 Å². The Bertz CT molecular complexity index is 418. The summed E-state index contributed by atoms with van der Waals surface area (Å²) < 4.78 is 5.03. The molecule has 0 aliphatic rings. The minimum absolute atomic E-state index is 0.0884. The zero-order valence-corrected chi connectivity index (χ0v) is 9.00. The van der Waals surface area contributed by atoms with Crippen LogP contribution in [0.5, 0.6) is 5.75 Å². The van der Waals surface area contributed by atoms with Crippen LogP contribution in [0.4, 0.5) is 0 Å². The number of rotatable bonds is 6. The van der Waals surface area contributed by atoms with E-state index in [1.807, 2.05) is 0 Å². The van der Waals surface area contributed by atoms with Crippen LogP contribution in [0.15, 0.2) is 24.3 Å². The first-order valence-corrected chi connectivity index (χ1v) is 4.91. The Balaban J connectivity index is 2.77. The molecular formula is C11H13NO5. The number of hydrogen-bond donors (Lipinski definition) is 3. The van der Waals surface area contributed by atoms with E-state index >= 15 is 0 Å². The molecule has 0 aliphatic carbocycles. The fourth-order valence-electron chi connectivity index (χ4n) is 1.28. The number of carboxylic acids is 2. The molecule has 6 nitrogen and oxygen atoms in total. The molecule has 0 spiro atoms. The first-order chi connectivity index (χ1) is 8.00. The molecule has 1 aromatic rings. The molecule has 0 aliphatic heterocycles.